The molecule has 2 unspecified atom stereocenters. The van der Waals surface area contributed by atoms with Gasteiger partial charge in [0.2, 0.25) is 0 Å². The Morgan fingerprint density at radius 2 is 1.89 bits per heavy atom. The lowest BCUT2D eigenvalue weighted by Gasteiger charge is -2.12. The Kier molecular flexibility index (Phi) is 4.72. The maximum Gasteiger partial charge on any atom is 0.0552 e. The largest absolute Gasteiger partial charge is 0.393 e. The molecule has 2 nitrogen and oxygen atoms in total. The highest BCUT2D eigenvalue weighted by molar-refractivity contribution is 4.63. The van der Waals surface area contributed by atoms with E-state index in [0.717, 1.165) is 19.3 Å². The maximum absolute atomic E-state index is 9.08. The minimum absolute atomic E-state index is 0.181. The van der Waals surface area contributed by atoms with Gasteiger partial charge in [-0.3, -0.25) is 0 Å². The van der Waals surface area contributed by atoms with Crippen molar-refractivity contribution in [2.45, 2.75) is 45.3 Å². The van der Waals surface area contributed by atoms with Gasteiger partial charge in [-0.05, 0) is 19.3 Å². The van der Waals surface area contributed by atoms with Crippen LogP contribution in [0.25, 0.3) is 0 Å². The zero-order valence-electron chi connectivity index (χ0n) is 6.30. The predicted octanol–water partition coefficient (Wildman–Crippen LogP) is 0.885. The minimum Gasteiger partial charge on any atom is -0.393 e. The topological polar surface area (TPSA) is 46.2 Å². The first-order valence-electron chi connectivity index (χ1n) is 3.64. The molecule has 0 heterocycles. The molecule has 0 amide bonds. The first-order valence-corrected chi connectivity index (χ1v) is 3.64. The van der Waals surface area contributed by atoms with E-state index in [9.17, 15) is 0 Å². The van der Waals surface area contributed by atoms with Gasteiger partial charge in [0, 0.05) is 6.04 Å². The lowest BCUT2D eigenvalue weighted by Crippen LogP contribution is -2.24. The predicted molar refractivity (Wildman–Crippen MR) is 39.2 cm³/mol. The average Bonchev–Trinajstić information content (AvgIpc) is 1.87. The monoisotopic (exact) mass is 131 g/mol. The second-order valence-corrected chi connectivity index (χ2v) is 2.47. The fourth-order valence-electron chi connectivity index (χ4n) is 0.683. The van der Waals surface area contributed by atoms with E-state index in [1.54, 1.807) is 0 Å². The van der Waals surface area contributed by atoms with Crippen LogP contribution in [0.3, 0.4) is 0 Å². The Morgan fingerprint density at radius 1 is 1.33 bits per heavy atom. The third-order valence-electron chi connectivity index (χ3n) is 1.57. The summed E-state index contributed by atoms with van der Waals surface area (Å²) in [5.74, 6) is 0. The first-order chi connectivity index (χ1) is 4.20. The molecule has 0 aromatic rings. The van der Waals surface area contributed by atoms with Crippen molar-refractivity contribution in [1.29, 1.82) is 0 Å². The Labute approximate surface area is 57.1 Å². The summed E-state index contributed by atoms with van der Waals surface area (Å²) >= 11 is 0. The van der Waals surface area contributed by atoms with E-state index in [1.165, 1.54) is 0 Å². The molecular weight excluding hydrogens is 114 g/mol. The normalized spacial score (nSPS) is 17.3. The summed E-state index contributed by atoms with van der Waals surface area (Å²) < 4.78 is 0. The van der Waals surface area contributed by atoms with Gasteiger partial charge in [0.1, 0.15) is 0 Å². The number of rotatable bonds is 4. The van der Waals surface area contributed by atoms with Crippen LogP contribution in [0.2, 0.25) is 0 Å². The molecule has 2 heteroatoms. The van der Waals surface area contributed by atoms with Crippen LogP contribution in [0.4, 0.5) is 0 Å². The van der Waals surface area contributed by atoms with Gasteiger partial charge in [0.05, 0.1) is 6.10 Å². The summed E-state index contributed by atoms with van der Waals surface area (Å²) in [6.45, 7) is 4.00. The Hall–Kier alpha value is -0.0800. The molecule has 3 N–H and O–H groups in total. The van der Waals surface area contributed by atoms with Crippen molar-refractivity contribution in [2.24, 2.45) is 5.73 Å². The van der Waals surface area contributed by atoms with Crippen LogP contribution in [0.1, 0.15) is 33.1 Å². The average molecular weight is 131 g/mol. The fraction of sp³-hybridized carbons (Fsp3) is 1.00. The zero-order chi connectivity index (χ0) is 7.28. The molecule has 0 bridgehead atoms. The first kappa shape index (κ1) is 8.92. The summed E-state index contributed by atoms with van der Waals surface area (Å²) in [7, 11) is 0. The minimum atomic E-state index is -0.194. The molecule has 0 aliphatic rings. The van der Waals surface area contributed by atoms with Gasteiger partial charge in [0.15, 0.2) is 0 Å². The molecule has 9 heavy (non-hydrogen) atoms. The highest BCUT2D eigenvalue weighted by atomic mass is 16.3. The molecule has 0 aromatic heterocycles. The second-order valence-electron chi connectivity index (χ2n) is 2.47. The summed E-state index contributed by atoms with van der Waals surface area (Å²) in [6.07, 6.45) is 2.32. The van der Waals surface area contributed by atoms with Crippen molar-refractivity contribution < 1.29 is 5.11 Å². The standard InChI is InChI=1S/C7H17NO/c1-3-6(8)5-7(9)4-2/h6-7,9H,3-5,8H2,1-2H3. The van der Waals surface area contributed by atoms with Gasteiger partial charge in [-0.25, -0.2) is 0 Å². The van der Waals surface area contributed by atoms with E-state index < -0.39 is 0 Å². The highest BCUT2D eigenvalue weighted by Gasteiger charge is 2.05. The van der Waals surface area contributed by atoms with Crippen LogP contribution in [-0.4, -0.2) is 17.3 Å². The third kappa shape index (κ3) is 4.43. The third-order valence-corrected chi connectivity index (χ3v) is 1.57. The molecule has 0 aliphatic carbocycles. The van der Waals surface area contributed by atoms with Gasteiger partial charge in [-0.15, -0.1) is 0 Å². The molecule has 0 aliphatic heterocycles. The number of hydrogen-bond donors (Lipinski definition) is 2. The van der Waals surface area contributed by atoms with Crippen LogP contribution >= 0.6 is 0 Å². The Bertz CT molecular complexity index is 57.9. The summed E-state index contributed by atoms with van der Waals surface area (Å²) in [4.78, 5) is 0. The Morgan fingerprint density at radius 3 is 2.22 bits per heavy atom. The van der Waals surface area contributed by atoms with Crippen molar-refractivity contribution in [1.82, 2.24) is 0 Å². The van der Waals surface area contributed by atoms with Gasteiger partial charge in [-0.1, -0.05) is 13.8 Å². The van der Waals surface area contributed by atoms with E-state index in [2.05, 4.69) is 0 Å². The number of aliphatic hydroxyl groups is 1. The molecule has 0 spiro atoms. The van der Waals surface area contributed by atoms with Crippen LogP contribution in [0.5, 0.6) is 0 Å². The lowest BCUT2D eigenvalue weighted by molar-refractivity contribution is 0.150. The SMILES string of the molecule is CCC(N)CC(O)CC. The number of nitrogens with two attached hydrogens (primary N) is 1. The number of aliphatic hydroxyl groups excluding tert-OH is 1. The fourth-order valence-corrected chi connectivity index (χ4v) is 0.683. The maximum atomic E-state index is 9.08. The van der Waals surface area contributed by atoms with Crippen molar-refractivity contribution in [3.63, 3.8) is 0 Å². The van der Waals surface area contributed by atoms with Crippen molar-refractivity contribution >= 4 is 0 Å². The van der Waals surface area contributed by atoms with Crippen molar-refractivity contribution in [2.75, 3.05) is 0 Å². The molecule has 0 radical (unpaired) electrons. The van der Waals surface area contributed by atoms with E-state index in [-0.39, 0.29) is 12.1 Å². The Balaban J connectivity index is 3.22. The van der Waals surface area contributed by atoms with Gasteiger partial charge < -0.3 is 10.8 Å². The summed E-state index contributed by atoms with van der Waals surface area (Å²) in [5.41, 5.74) is 5.59. The quantitative estimate of drug-likeness (QED) is 0.595. The molecule has 0 aromatic carbocycles. The van der Waals surface area contributed by atoms with E-state index in [0.29, 0.717) is 0 Å². The van der Waals surface area contributed by atoms with Gasteiger partial charge in [0.25, 0.3) is 0 Å². The molecule has 56 valence electrons. The van der Waals surface area contributed by atoms with E-state index >= 15 is 0 Å². The molecule has 0 saturated heterocycles. The molecule has 2 atom stereocenters. The van der Waals surface area contributed by atoms with Crippen LogP contribution in [-0.2, 0) is 0 Å². The summed E-state index contributed by atoms with van der Waals surface area (Å²) in [6, 6.07) is 0.181. The van der Waals surface area contributed by atoms with Gasteiger partial charge in [-0.2, -0.15) is 0 Å². The number of hydrogen-bond acceptors (Lipinski definition) is 2. The highest BCUT2D eigenvalue weighted by Crippen LogP contribution is 2.01. The van der Waals surface area contributed by atoms with Crippen molar-refractivity contribution in [3.05, 3.63) is 0 Å². The lowest BCUT2D eigenvalue weighted by atomic mass is 10.1. The smallest absolute Gasteiger partial charge is 0.0552 e. The second kappa shape index (κ2) is 4.77. The molecule has 0 rings (SSSR count). The summed E-state index contributed by atoms with van der Waals surface area (Å²) in [5, 5.41) is 9.08. The van der Waals surface area contributed by atoms with Crippen LogP contribution < -0.4 is 5.73 Å². The van der Waals surface area contributed by atoms with Crippen molar-refractivity contribution in [3.8, 4) is 0 Å². The molecular formula is C7H17NO. The van der Waals surface area contributed by atoms with Crippen LogP contribution in [0, 0.1) is 0 Å². The molecule has 0 saturated carbocycles. The van der Waals surface area contributed by atoms with Gasteiger partial charge >= 0.3 is 0 Å². The van der Waals surface area contributed by atoms with E-state index in [4.69, 9.17) is 10.8 Å². The molecule has 0 fully saturated rings. The van der Waals surface area contributed by atoms with Crippen LogP contribution in [0.15, 0.2) is 0 Å². The van der Waals surface area contributed by atoms with E-state index in [1.807, 2.05) is 13.8 Å². The zero-order valence-corrected chi connectivity index (χ0v) is 6.30.